The molecule has 0 spiro atoms. The number of carbonyl (C=O) groups is 2. The predicted molar refractivity (Wildman–Crippen MR) is 107 cm³/mol. The van der Waals surface area contributed by atoms with Crippen molar-refractivity contribution in [3.63, 3.8) is 0 Å². The van der Waals surface area contributed by atoms with Crippen LogP contribution in [0.25, 0.3) is 0 Å². The molecule has 0 aliphatic heterocycles. The Labute approximate surface area is 162 Å². The normalized spacial score (nSPS) is 10.3. The van der Waals surface area contributed by atoms with Crippen LogP contribution >= 0.6 is 15.9 Å². The number of benzene rings is 2. The minimum Gasteiger partial charge on any atom is -0.493 e. The molecule has 0 aliphatic rings. The van der Waals surface area contributed by atoms with E-state index in [4.69, 9.17) is 4.74 Å². The average molecular weight is 419 g/mol. The zero-order chi connectivity index (χ0) is 18.9. The first kappa shape index (κ1) is 20.0. The zero-order valence-electron chi connectivity index (χ0n) is 15.0. The highest BCUT2D eigenvalue weighted by Gasteiger charge is 2.17. The molecular weight excluding hydrogens is 396 g/mol. The number of rotatable bonds is 8. The third kappa shape index (κ3) is 5.33. The molecule has 2 N–H and O–H groups in total. The Kier molecular flexibility index (Phi) is 7.66. The van der Waals surface area contributed by atoms with Gasteiger partial charge in [-0.3, -0.25) is 9.59 Å². The second kappa shape index (κ2) is 9.97. The van der Waals surface area contributed by atoms with Gasteiger partial charge < -0.3 is 15.4 Å². The number of carbonyl (C=O) groups excluding carboxylic acids is 2. The van der Waals surface area contributed by atoms with E-state index in [1.807, 2.05) is 13.0 Å². The van der Waals surface area contributed by atoms with Gasteiger partial charge in [-0.25, -0.2) is 0 Å². The fraction of sp³-hybridized carbons (Fsp3) is 0.300. The van der Waals surface area contributed by atoms with E-state index in [0.717, 1.165) is 17.3 Å². The largest absolute Gasteiger partial charge is 0.493 e. The number of anilines is 1. The summed E-state index contributed by atoms with van der Waals surface area (Å²) in [5.74, 6) is -0.0266. The van der Waals surface area contributed by atoms with Crippen LogP contribution in [0.1, 0.15) is 47.4 Å². The van der Waals surface area contributed by atoms with Gasteiger partial charge in [0.25, 0.3) is 11.8 Å². The first-order valence-corrected chi connectivity index (χ1v) is 9.47. The number of para-hydroxylation sites is 1. The van der Waals surface area contributed by atoms with Gasteiger partial charge in [0.05, 0.1) is 23.4 Å². The summed E-state index contributed by atoms with van der Waals surface area (Å²) in [7, 11) is 0. The van der Waals surface area contributed by atoms with Crippen LogP contribution in [0.4, 0.5) is 5.69 Å². The van der Waals surface area contributed by atoms with Crippen LogP contribution < -0.4 is 15.4 Å². The molecule has 0 radical (unpaired) electrons. The number of halogens is 1. The summed E-state index contributed by atoms with van der Waals surface area (Å²) in [5.41, 5.74) is 1.30. The maximum absolute atomic E-state index is 12.8. The fourth-order valence-corrected chi connectivity index (χ4v) is 2.73. The number of amides is 2. The van der Waals surface area contributed by atoms with E-state index in [9.17, 15) is 9.59 Å². The first-order chi connectivity index (χ1) is 12.6. The van der Waals surface area contributed by atoms with Crippen LogP contribution in [-0.4, -0.2) is 25.0 Å². The molecule has 0 aliphatic carbocycles. The summed E-state index contributed by atoms with van der Waals surface area (Å²) < 4.78 is 6.53. The smallest absolute Gasteiger partial charge is 0.259 e. The third-order valence-corrected chi connectivity index (χ3v) is 4.19. The van der Waals surface area contributed by atoms with E-state index in [-0.39, 0.29) is 11.8 Å². The molecule has 2 amide bonds. The van der Waals surface area contributed by atoms with E-state index >= 15 is 0 Å². The second-order valence-corrected chi connectivity index (χ2v) is 6.62. The van der Waals surface area contributed by atoms with Crippen molar-refractivity contribution in [3.05, 3.63) is 58.1 Å². The van der Waals surface area contributed by atoms with Gasteiger partial charge in [-0.05, 0) is 43.7 Å². The van der Waals surface area contributed by atoms with Crippen molar-refractivity contribution in [2.45, 2.75) is 26.7 Å². The Morgan fingerprint density at radius 3 is 2.54 bits per heavy atom. The minimum atomic E-state index is -0.324. The Bertz CT molecular complexity index is 777. The van der Waals surface area contributed by atoms with Crippen molar-refractivity contribution in [2.24, 2.45) is 0 Å². The van der Waals surface area contributed by atoms with Gasteiger partial charge >= 0.3 is 0 Å². The molecular formula is C20H23BrN2O3. The highest BCUT2D eigenvalue weighted by Crippen LogP contribution is 2.25. The molecule has 26 heavy (non-hydrogen) atoms. The van der Waals surface area contributed by atoms with Crippen molar-refractivity contribution < 1.29 is 14.3 Å². The van der Waals surface area contributed by atoms with Gasteiger partial charge in [-0.1, -0.05) is 41.4 Å². The van der Waals surface area contributed by atoms with Crippen LogP contribution in [0.15, 0.2) is 46.9 Å². The monoisotopic (exact) mass is 418 g/mol. The summed E-state index contributed by atoms with van der Waals surface area (Å²) in [6, 6.07) is 12.2. The molecule has 2 aromatic carbocycles. The lowest BCUT2D eigenvalue weighted by Crippen LogP contribution is -2.25. The van der Waals surface area contributed by atoms with E-state index in [2.05, 4.69) is 33.5 Å². The molecule has 2 rings (SSSR count). The van der Waals surface area contributed by atoms with Crippen molar-refractivity contribution in [1.82, 2.24) is 5.32 Å². The van der Waals surface area contributed by atoms with E-state index < -0.39 is 0 Å². The first-order valence-electron chi connectivity index (χ1n) is 8.67. The van der Waals surface area contributed by atoms with Gasteiger partial charge in [-0.15, -0.1) is 0 Å². The highest BCUT2D eigenvalue weighted by atomic mass is 79.9. The lowest BCUT2D eigenvalue weighted by Gasteiger charge is -2.14. The molecule has 0 heterocycles. The van der Waals surface area contributed by atoms with Crippen molar-refractivity contribution in [2.75, 3.05) is 18.5 Å². The number of unbranched alkanes of at least 4 members (excludes halogenated alkanes) is 1. The van der Waals surface area contributed by atoms with Crippen LogP contribution in [0.3, 0.4) is 0 Å². The van der Waals surface area contributed by atoms with Crippen LogP contribution in [0.5, 0.6) is 5.75 Å². The summed E-state index contributed by atoms with van der Waals surface area (Å²) in [4.78, 5) is 25.0. The number of hydrogen-bond acceptors (Lipinski definition) is 3. The number of nitrogens with one attached hydrogen (secondary N) is 2. The van der Waals surface area contributed by atoms with Gasteiger partial charge in [0.2, 0.25) is 0 Å². The van der Waals surface area contributed by atoms with Crippen molar-refractivity contribution >= 4 is 33.4 Å². The van der Waals surface area contributed by atoms with Gasteiger partial charge in [0, 0.05) is 11.0 Å². The van der Waals surface area contributed by atoms with Gasteiger partial charge in [0.15, 0.2) is 0 Å². The Balaban J connectivity index is 2.25. The highest BCUT2D eigenvalue weighted by molar-refractivity contribution is 9.10. The van der Waals surface area contributed by atoms with E-state index in [0.29, 0.717) is 35.7 Å². The van der Waals surface area contributed by atoms with Crippen LogP contribution in [-0.2, 0) is 0 Å². The minimum absolute atomic E-state index is 0.225. The molecule has 0 bridgehead atoms. The van der Waals surface area contributed by atoms with Gasteiger partial charge in [-0.2, -0.15) is 0 Å². The predicted octanol–water partition coefficient (Wildman–Crippen LogP) is 4.63. The lowest BCUT2D eigenvalue weighted by molar-refractivity contribution is 0.0956. The average Bonchev–Trinajstić information content (AvgIpc) is 2.63. The molecule has 0 saturated heterocycles. The molecule has 2 aromatic rings. The second-order valence-electron chi connectivity index (χ2n) is 5.70. The van der Waals surface area contributed by atoms with E-state index in [1.54, 1.807) is 36.4 Å². The SMILES string of the molecule is CCCCOc1ccc(Br)cc1C(=O)Nc1ccccc1C(=O)NCC. The molecule has 0 unspecified atom stereocenters. The lowest BCUT2D eigenvalue weighted by atomic mass is 10.1. The molecule has 5 nitrogen and oxygen atoms in total. The summed E-state index contributed by atoms with van der Waals surface area (Å²) >= 11 is 3.39. The summed E-state index contributed by atoms with van der Waals surface area (Å²) in [5, 5.41) is 5.57. The molecule has 6 heteroatoms. The van der Waals surface area contributed by atoms with Crippen LogP contribution in [0, 0.1) is 0 Å². The maximum atomic E-state index is 12.8. The number of hydrogen-bond donors (Lipinski definition) is 2. The quantitative estimate of drug-likeness (QED) is 0.613. The van der Waals surface area contributed by atoms with Crippen molar-refractivity contribution in [3.8, 4) is 5.75 Å². The zero-order valence-corrected chi connectivity index (χ0v) is 16.6. The van der Waals surface area contributed by atoms with Crippen LogP contribution in [0.2, 0.25) is 0 Å². The maximum Gasteiger partial charge on any atom is 0.259 e. The molecule has 138 valence electrons. The van der Waals surface area contributed by atoms with Crippen molar-refractivity contribution in [1.29, 1.82) is 0 Å². The molecule has 0 atom stereocenters. The Morgan fingerprint density at radius 1 is 1.04 bits per heavy atom. The molecule has 0 aromatic heterocycles. The van der Waals surface area contributed by atoms with Gasteiger partial charge in [0.1, 0.15) is 5.75 Å². The standard InChI is InChI=1S/C20H23BrN2O3/c1-3-5-12-26-18-11-10-14(21)13-16(18)20(25)23-17-9-7-6-8-15(17)19(24)22-4-2/h6-11,13H,3-5,12H2,1-2H3,(H,22,24)(H,23,25). The molecule has 0 fully saturated rings. The summed E-state index contributed by atoms with van der Waals surface area (Å²) in [6.45, 7) is 4.99. The Hall–Kier alpha value is -2.34. The molecule has 0 saturated carbocycles. The third-order valence-electron chi connectivity index (χ3n) is 3.70. The fourth-order valence-electron chi connectivity index (χ4n) is 2.37. The number of ether oxygens (including phenoxy) is 1. The Morgan fingerprint density at radius 2 is 1.81 bits per heavy atom. The topological polar surface area (TPSA) is 67.4 Å². The summed E-state index contributed by atoms with van der Waals surface area (Å²) in [6.07, 6.45) is 1.93. The van der Waals surface area contributed by atoms with E-state index in [1.165, 1.54) is 0 Å².